The fourth-order valence-corrected chi connectivity index (χ4v) is 2.30. The molecule has 0 atom stereocenters. The van der Waals surface area contributed by atoms with E-state index in [1.165, 1.54) is 25.5 Å². The van der Waals surface area contributed by atoms with E-state index in [4.69, 9.17) is 0 Å². The number of rotatable bonds is 5. The molecular formula is C15H18N4O. The maximum absolute atomic E-state index is 10.9. The highest BCUT2D eigenvalue weighted by Crippen LogP contribution is 2.41. The van der Waals surface area contributed by atoms with Crippen molar-refractivity contribution >= 4 is 5.91 Å². The maximum Gasteiger partial charge on any atom is 0.216 e. The van der Waals surface area contributed by atoms with E-state index in [1.807, 2.05) is 22.9 Å². The van der Waals surface area contributed by atoms with Crippen LogP contribution in [0.4, 0.5) is 0 Å². The van der Waals surface area contributed by atoms with Gasteiger partial charge in [0.25, 0.3) is 0 Å². The molecule has 2 heterocycles. The van der Waals surface area contributed by atoms with Gasteiger partial charge in [0.2, 0.25) is 5.91 Å². The molecule has 0 aromatic carbocycles. The Labute approximate surface area is 118 Å². The number of hydrogen-bond donors (Lipinski definition) is 1. The smallest absolute Gasteiger partial charge is 0.216 e. The Balaban J connectivity index is 1.81. The Bertz CT molecular complexity index is 602. The van der Waals surface area contributed by atoms with E-state index in [0.29, 0.717) is 19.0 Å². The lowest BCUT2D eigenvalue weighted by molar-refractivity contribution is -0.118. The van der Waals surface area contributed by atoms with Crippen molar-refractivity contribution in [3.05, 3.63) is 36.2 Å². The van der Waals surface area contributed by atoms with E-state index in [2.05, 4.69) is 21.5 Å². The molecule has 5 nitrogen and oxygen atoms in total. The van der Waals surface area contributed by atoms with E-state index < -0.39 is 0 Å². The molecule has 104 valence electrons. The summed E-state index contributed by atoms with van der Waals surface area (Å²) in [5, 5.41) is 7.46. The highest BCUT2D eigenvalue weighted by atomic mass is 16.1. The lowest BCUT2D eigenvalue weighted by Crippen LogP contribution is -2.25. The Morgan fingerprint density at radius 2 is 2.25 bits per heavy atom. The topological polar surface area (TPSA) is 59.8 Å². The van der Waals surface area contributed by atoms with Crippen LogP contribution in [0.5, 0.6) is 0 Å². The third-order valence-corrected chi connectivity index (χ3v) is 3.43. The van der Waals surface area contributed by atoms with Crippen molar-refractivity contribution in [2.75, 3.05) is 6.54 Å². The number of nitrogens with zero attached hydrogens (tertiary/aromatic N) is 3. The van der Waals surface area contributed by atoms with Crippen LogP contribution in [0.3, 0.4) is 0 Å². The van der Waals surface area contributed by atoms with Crippen molar-refractivity contribution in [1.82, 2.24) is 20.1 Å². The summed E-state index contributed by atoms with van der Waals surface area (Å²) in [4.78, 5) is 15.3. The van der Waals surface area contributed by atoms with Gasteiger partial charge >= 0.3 is 0 Å². The van der Waals surface area contributed by atoms with Gasteiger partial charge in [0.1, 0.15) is 5.69 Å². The summed E-state index contributed by atoms with van der Waals surface area (Å²) in [6.07, 6.45) is 4.24. The van der Waals surface area contributed by atoms with Gasteiger partial charge in [-0.1, -0.05) is 6.07 Å². The summed E-state index contributed by atoms with van der Waals surface area (Å²) in [5.41, 5.74) is 3.07. The van der Waals surface area contributed by atoms with Crippen molar-refractivity contribution in [3.63, 3.8) is 0 Å². The highest BCUT2D eigenvalue weighted by molar-refractivity contribution is 5.72. The molecule has 0 radical (unpaired) electrons. The van der Waals surface area contributed by atoms with Gasteiger partial charge in [-0.2, -0.15) is 5.10 Å². The van der Waals surface area contributed by atoms with Gasteiger partial charge in [-0.15, -0.1) is 0 Å². The fourth-order valence-electron chi connectivity index (χ4n) is 2.30. The maximum atomic E-state index is 10.9. The lowest BCUT2D eigenvalue weighted by Gasteiger charge is -2.06. The van der Waals surface area contributed by atoms with Crippen molar-refractivity contribution in [2.24, 2.45) is 0 Å². The van der Waals surface area contributed by atoms with E-state index in [-0.39, 0.29) is 5.91 Å². The van der Waals surface area contributed by atoms with Crippen molar-refractivity contribution in [3.8, 4) is 11.4 Å². The van der Waals surface area contributed by atoms with Gasteiger partial charge in [0.15, 0.2) is 0 Å². The molecule has 0 unspecified atom stereocenters. The van der Waals surface area contributed by atoms with Crippen molar-refractivity contribution in [2.45, 2.75) is 32.2 Å². The Morgan fingerprint density at radius 1 is 1.40 bits per heavy atom. The summed E-state index contributed by atoms with van der Waals surface area (Å²) >= 11 is 0. The van der Waals surface area contributed by atoms with Gasteiger partial charge in [-0.3, -0.25) is 14.5 Å². The minimum absolute atomic E-state index is 0.00456. The largest absolute Gasteiger partial charge is 0.354 e. The standard InChI is InChI=1S/C15H18N4O/c1-11(20)16-8-9-19-15(12-5-6-12)10-14(18-19)13-4-2-3-7-17-13/h2-4,7,10,12H,5-6,8-9H2,1H3,(H,16,20). The summed E-state index contributed by atoms with van der Waals surface area (Å²) in [7, 11) is 0. The first-order chi connectivity index (χ1) is 9.74. The number of nitrogens with one attached hydrogen (secondary N) is 1. The number of carbonyl (C=O) groups excluding carboxylic acids is 1. The van der Waals surface area contributed by atoms with Gasteiger partial charge in [-0.05, 0) is 31.0 Å². The van der Waals surface area contributed by atoms with E-state index in [0.717, 1.165) is 11.4 Å². The van der Waals surface area contributed by atoms with Crippen LogP contribution in [0.1, 0.15) is 31.4 Å². The summed E-state index contributed by atoms with van der Waals surface area (Å²) in [6.45, 7) is 2.85. The van der Waals surface area contributed by atoms with E-state index in [9.17, 15) is 4.79 Å². The fraction of sp³-hybridized carbons (Fsp3) is 0.400. The minimum atomic E-state index is -0.00456. The summed E-state index contributed by atoms with van der Waals surface area (Å²) in [5.74, 6) is 0.618. The molecule has 0 saturated heterocycles. The molecule has 20 heavy (non-hydrogen) atoms. The zero-order chi connectivity index (χ0) is 13.9. The number of pyridine rings is 1. The van der Waals surface area contributed by atoms with Crippen LogP contribution in [0.2, 0.25) is 0 Å². The quantitative estimate of drug-likeness (QED) is 0.903. The van der Waals surface area contributed by atoms with E-state index >= 15 is 0 Å². The van der Waals surface area contributed by atoms with Crippen molar-refractivity contribution < 1.29 is 4.79 Å². The van der Waals surface area contributed by atoms with Gasteiger partial charge in [0, 0.05) is 31.3 Å². The Morgan fingerprint density at radius 3 is 2.90 bits per heavy atom. The van der Waals surface area contributed by atoms with Crippen molar-refractivity contribution in [1.29, 1.82) is 0 Å². The number of aromatic nitrogens is 3. The third-order valence-electron chi connectivity index (χ3n) is 3.43. The average Bonchev–Trinajstić information content (AvgIpc) is 3.20. The van der Waals surface area contributed by atoms with Gasteiger partial charge < -0.3 is 5.32 Å². The van der Waals surface area contributed by atoms with Gasteiger partial charge in [0.05, 0.1) is 12.2 Å². The first-order valence-corrected chi connectivity index (χ1v) is 6.97. The zero-order valence-corrected chi connectivity index (χ0v) is 11.5. The molecule has 1 N–H and O–H groups in total. The van der Waals surface area contributed by atoms with Crippen LogP contribution >= 0.6 is 0 Å². The monoisotopic (exact) mass is 270 g/mol. The molecule has 1 aliphatic carbocycles. The lowest BCUT2D eigenvalue weighted by atomic mass is 10.2. The molecule has 1 fully saturated rings. The first kappa shape index (κ1) is 12.8. The average molecular weight is 270 g/mol. The molecule has 1 amide bonds. The Kier molecular flexibility index (Phi) is 3.50. The summed E-state index contributed by atoms with van der Waals surface area (Å²) < 4.78 is 2.01. The Hall–Kier alpha value is -2.17. The molecule has 3 rings (SSSR count). The molecule has 5 heteroatoms. The SMILES string of the molecule is CC(=O)NCCn1nc(-c2ccccn2)cc1C1CC1. The van der Waals surface area contributed by atoms with E-state index in [1.54, 1.807) is 6.20 Å². The predicted octanol–water partition coefficient (Wildman–Crippen LogP) is 1.96. The first-order valence-electron chi connectivity index (χ1n) is 6.97. The second kappa shape index (κ2) is 5.45. The van der Waals surface area contributed by atoms with Crippen LogP contribution in [-0.4, -0.2) is 27.2 Å². The molecule has 0 bridgehead atoms. The molecule has 0 aliphatic heterocycles. The summed E-state index contributed by atoms with van der Waals surface area (Å²) in [6, 6.07) is 7.97. The second-order valence-corrected chi connectivity index (χ2v) is 5.15. The number of carbonyl (C=O) groups is 1. The molecule has 1 saturated carbocycles. The van der Waals surface area contributed by atoms with Crippen LogP contribution in [0, 0.1) is 0 Å². The molecular weight excluding hydrogens is 252 g/mol. The second-order valence-electron chi connectivity index (χ2n) is 5.15. The molecule has 2 aromatic rings. The third kappa shape index (κ3) is 2.87. The van der Waals surface area contributed by atoms with Crippen LogP contribution in [0.25, 0.3) is 11.4 Å². The van der Waals surface area contributed by atoms with Crippen LogP contribution in [0.15, 0.2) is 30.5 Å². The normalized spacial score (nSPS) is 14.2. The van der Waals surface area contributed by atoms with Gasteiger partial charge in [-0.25, -0.2) is 0 Å². The highest BCUT2D eigenvalue weighted by Gasteiger charge is 2.28. The molecule has 1 aliphatic rings. The van der Waals surface area contributed by atoms with Crippen LogP contribution in [-0.2, 0) is 11.3 Å². The predicted molar refractivity (Wildman–Crippen MR) is 76.1 cm³/mol. The molecule has 0 spiro atoms. The number of hydrogen-bond acceptors (Lipinski definition) is 3. The zero-order valence-electron chi connectivity index (χ0n) is 11.5. The number of amides is 1. The molecule has 2 aromatic heterocycles. The van der Waals surface area contributed by atoms with Crippen LogP contribution < -0.4 is 5.32 Å². The minimum Gasteiger partial charge on any atom is -0.354 e.